The van der Waals surface area contributed by atoms with Crippen molar-refractivity contribution in [3.8, 4) is 0 Å². The summed E-state index contributed by atoms with van der Waals surface area (Å²) in [6.07, 6.45) is 3.73. The molecule has 2 N–H and O–H groups in total. The predicted octanol–water partition coefficient (Wildman–Crippen LogP) is 3.38. The first kappa shape index (κ1) is 16.5. The fraction of sp³-hybridized carbons (Fsp3) is 0.647. The monoisotopic (exact) mass is 309 g/mol. The molecule has 1 aliphatic rings. The zero-order chi connectivity index (χ0) is 15.6. The minimum atomic E-state index is -3.18. The van der Waals surface area contributed by atoms with Gasteiger partial charge in [-0.15, -0.1) is 0 Å². The molecule has 1 fully saturated rings. The molecular weight excluding hydrogens is 282 g/mol. The Morgan fingerprint density at radius 2 is 1.81 bits per heavy atom. The highest BCUT2D eigenvalue weighted by molar-refractivity contribution is 7.92. The summed E-state index contributed by atoms with van der Waals surface area (Å²) in [4.78, 5) is 0. The Hall–Kier alpha value is -0.870. The Kier molecular flexibility index (Phi) is 5.10. The van der Waals surface area contributed by atoms with Crippen molar-refractivity contribution in [1.82, 2.24) is 0 Å². The van der Waals surface area contributed by atoms with Gasteiger partial charge in [-0.3, -0.25) is 0 Å². The second kappa shape index (κ2) is 6.49. The summed E-state index contributed by atoms with van der Waals surface area (Å²) in [6, 6.07) is 7.40. The maximum atomic E-state index is 12.8. The average molecular weight is 309 g/mol. The lowest BCUT2D eigenvalue weighted by atomic mass is 9.90. The van der Waals surface area contributed by atoms with Gasteiger partial charge in [0, 0.05) is 6.04 Å². The summed E-state index contributed by atoms with van der Waals surface area (Å²) in [6.45, 7) is 5.92. The predicted molar refractivity (Wildman–Crippen MR) is 87.9 cm³/mol. The molecule has 3 nitrogen and oxygen atoms in total. The molecule has 4 heteroatoms. The lowest BCUT2D eigenvalue weighted by molar-refractivity contribution is 0.379. The summed E-state index contributed by atoms with van der Waals surface area (Å²) in [5.41, 5.74) is 8.30. The van der Waals surface area contributed by atoms with E-state index in [4.69, 9.17) is 5.73 Å². The van der Waals surface area contributed by atoms with E-state index in [-0.39, 0.29) is 5.25 Å². The zero-order valence-electron chi connectivity index (χ0n) is 13.2. The Balaban J connectivity index is 2.17. The van der Waals surface area contributed by atoms with Gasteiger partial charge in [0.05, 0.1) is 10.5 Å². The van der Waals surface area contributed by atoms with Crippen molar-refractivity contribution in [2.75, 3.05) is 0 Å². The van der Waals surface area contributed by atoms with Crippen molar-refractivity contribution >= 4 is 9.84 Å². The third-order valence-corrected chi connectivity index (χ3v) is 7.53. The number of benzene rings is 1. The molecule has 0 heterocycles. The normalized spacial score (nSPS) is 26.3. The van der Waals surface area contributed by atoms with Crippen LogP contribution in [0.15, 0.2) is 24.3 Å². The topological polar surface area (TPSA) is 60.2 Å². The van der Waals surface area contributed by atoms with Crippen LogP contribution in [-0.4, -0.2) is 18.9 Å². The molecule has 1 saturated carbocycles. The molecule has 0 saturated heterocycles. The molecular formula is C17H27NO2S. The Morgan fingerprint density at radius 3 is 2.38 bits per heavy atom. The maximum Gasteiger partial charge on any atom is 0.157 e. The van der Waals surface area contributed by atoms with Crippen LogP contribution >= 0.6 is 0 Å². The number of nitrogens with two attached hydrogens (primary N) is 1. The van der Waals surface area contributed by atoms with E-state index >= 15 is 0 Å². The van der Waals surface area contributed by atoms with E-state index in [1.165, 1.54) is 0 Å². The largest absolute Gasteiger partial charge is 0.323 e. The van der Waals surface area contributed by atoms with Gasteiger partial charge >= 0.3 is 0 Å². The van der Waals surface area contributed by atoms with E-state index in [9.17, 15) is 8.42 Å². The fourth-order valence-electron chi connectivity index (χ4n) is 3.24. The van der Waals surface area contributed by atoms with Crippen molar-refractivity contribution < 1.29 is 8.42 Å². The van der Waals surface area contributed by atoms with Crippen LogP contribution in [0.4, 0.5) is 0 Å². The average Bonchev–Trinajstić information content (AvgIpc) is 2.46. The molecule has 2 rings (SSSR count). The Bertz CT molecular complexity index is 565. The van der Waals surface area contributed by atoms with Crippen LogP contribution < -0.4 is 5.73 Å². The van der Waals surface area contributed by atoms with Gasteiger partial charge in [0.25, 0.3) is 0 Å². The fourth-order valence-corrected chi connectivity index (χ4v) is 5.51. The molecule has 0 radical (unpaired) electrons. The van der Waals surface area contributed by atoms with E-state index in [0.717, 1.165) is 36.8 Å². The summed E-state index contributed by atoms with van der Waals surface area (Å²) in [5.74, 6) is 0.501. The lowest BCUT2D eigenvalue weighted by Crippen LogP contribution is -2.39. The highest BCUT2D eigenvalue weighted by Crippen LogP contribution is 2.33. The van der Waals surface area contributed by atoms with Crippen molar-refractivity contribution in [2.45, 2.75) is 63.0 Å². The standard InChI is InChI=1S/C17H27NO2S/c1-12-7-9-15(10-8-12)17(18)14(3)21(19,20)16-6-4-5-13(2)11-16/h7-10,13-14,16-17H,4-6,11,18H2,1-3H3. The first-order valence-electron chi connectivity index (χ1n) is 7.87. The third kappa shape index (κ3) is 3.67. The third-order valence-electron chi connectivity index (χ3n) is 4.84. The maximum absolute atomic E-state index is 12.8. The highest BCUT2D eigenvalue weighted by atomic mass is 32.2. The van der Waals surface area contributed by atoms with E-state index < -0.39 is 21.1 Å². The number of rotatable bonds is 4. The van der Waals surface area contributed by atoms with Crippen LogP contribution in [0.25, 0.3) is 0 Å². The van der Waals surface area contributed by atoms with E-state index in [2.05, 4.69) is 6.92 Å². The van der Waals surface area contributed by atoms with Gasteiger partial charge in [-0.1, -0.05) is 49.6 Å². The van der Waals surface area contributed by atoms with Crippen LogP contribution in [0.3, 0.4) is 0 Å². The molecule has 0 aromatic heterocycles. The number of sulfone groups is 1. The van der Waals surface area contributed by atoms with Gasteiger partial charge in [-0.05, 0) is 38.2 Å². The van der Waals surface area contributed by atoms with E-state index in [1.807, 2.05) is 31.2 Å². The second-order valence-corrected chi connectivity index (χ2v) is 9.21. The molecule has 118 valence electrons. The molecule has 1 aromatic rings. The molecule has 4 atom stereocenters. The number of hydrogen-bond donors (Lipinski definition) is 1. The molecule has 21 heavy (non-hydrogen) atoms. The molecule has 0 spiro atoms. The van der Waals surface area contributed by atoms with Gasteiger partial charge in [0.15, 0.2) is 9.84 Å². The van der Waals surface area contributed by atoms with E-state index in [0.29, 0.717) is 5.92 Å². The molecule has 4 unspecified atom stereocenters. The molecule has 1 aliphatic carbocycles. The molecule has 0 amide bonds. The molecule has 0 bridgehead atoms. The summed E-state index contributed by atoms with van der Waals surface area (Å²) >= 11 is 0. The van der Waals surface area contributed by atoms with Gasteiger partial charge in [-0.25, -0.2) is 8.42 Å². The van der Waals surface area contributed by atoms with Crippen molar-refractivity contribution in [3.05, 3.63) is 35.4 Å². The van der Waals surface area contributed by atoms with E-state index in [1.54, 1.807) is 6.92 Å². The van der Waals surface area contributed by atoms with Crippen molar-refractivity contribution in [1.29, 1.82) is 0 Å². The van der Waals surface area contributed by atoms with Gasteiger partial charge in [0.2, 0.25) is 0 Å². The van der Waals surface area contributed by atoms with Crippen LogP contribution in [0, 0.1) is 12.8 Å². The van der Waals surface area contributed by atoms with Crippen LogP contribution in [0.5, 0.6) is 0 Å². The highest BCUT2D eigenvalue weighted by Gasteiger charge is 2.37. The van der Waals surface area contributed by atoms with Crippen LogP contribution in [-0.2, 0) is 9.84 Å². The minimum Gasteiger partial charge on any atom is -0.323 e. The number of hydrogen-bond acceptors (Lipinski definition) is 3. The van der Waals surface area contributed by atoms with Crippen LogP contribution in [0.2, 0.25) is 0 Å². The first-order valence-corrected chi connectivity index (χ1v) is 9.48. The second-order valence-electron chi connectivity index (χ2n) is 6.62. The number of aryl methyl sites for hydroxylation is 1. The summed E-state index contributed by atoms with van der Waals surface area (Å²) < 4.78 is 25.7. The van der Waals surface area contributed by atoms with Gasteiger partial charge < -0.3 is 5.73 Å². The quantitative estimate of drug-likeness (QED) is 0.927. The molecule has 0 aliphatic heterocycles. The first-order chi connectivity index (χ1) is 9.82. The lowest BCUT2D eigenvalue weighted by Gasteiger charge is -2.31. The van der Waals surface area contributed by atoms with Gasteiger partial charge in [-0.2, -0.15) is 0 Å². The smallest absolute Gasteiger partial charge is 0.157 e. The SMILES string of the molecule is Cc1ccc(C(N)C(C)S(=O)(=O)C2CCCC(C)C2)cc1. The van der Waals surface area contributed by atoms with Crippen LogP contribution in [0.1, 0.15) is 56.7 Å². The Labute approximate surface area is 128 Å². The van der Waals surface area contributed by atoms with Crippen molar-refractivity contribution in [3.63, 3.8) is 0 Å². The zero-order valence-corrected chi connectivity index (χ0v) is 14.1. The molecule has 1 aromatic carbocycles. The van der Waals surface area contributed by atoms with Gasteiger partial charge in [0.1, 0.15) is 0 Å². The Morgan fingerprint density at radius 1 is 1.19 bits per heavy atom. The summed E-state index contributed by atoms with van der Waals surface area (Å²) in [5, 5.41) is -0.747. The minimum absolute atomic E-state index is 0.215. The van der Waals surface area contributed by atoms with Crippen molar-refractivity contribution in [2.24, 2.45) is 11.7 Å². The summed E-state index contributed by atoms with van der Waals surface area (Å²) in [7, 11) is -3.18.